The maximum Gasteiger partial charge on any atom is 0.258 e. The molecule has 0 amide bonds. The first-order valence-corrected chi connectivity index (χ1v) is 11.9. The molecule has 7 nitrogen and oxygen atoms in total. The highest BCUT2D eigenvalue weighted by Crippen LogP contribution is 2.42. The van der Waals surface area contributed by atoms with Gasteiger partial charge < -0.3 is 19.1 Å². The van der Waals surface area contributed by atoms with Crippen LogP contribution in [0.25, 0.3) is 33.1 Å². The van der Waals surface area contributed by atoms with Crippen molar-refractivity contribution in [1.82, 2.24) is 19.1 Å². The van der Waals surface area contributed by atoms with Crippen molar-refractivity contribution in [2.75, 3.05) is 4.90 Å². The Morgan fingerprint density at radius 3 is 2.61 bits per heavy atom. The molecule has 170 valence electrons. The van der Waals surface area contributed by atoms with Crippen molar-refractivity contribution in [1.29, 1.82) is 0 Å². The van der Waals surface area contributed by atoms with Crippen LogP contribution < -0.4 is 10.5 Å². The fourth-order valence-electron chi connectivity index (χ4n) is 5.89. The SMILES string of the molecule is CC1C[C@H]2CC[C@@H](C1)N2c1cnc2c(-c3ccc4c(=O)n(C)ccc4c3Cl)cn(CO)c2n1. The van der Waals surface area contributed by atoms with E-state index >= 15 is 0 Å². The van der Waals surface area contributed by atoms with Crippen molar-refractivity contribution in [2.24, 2.45) is 13.0 Å². The molecular formula is C25H26ClN5O2. The minimum atomic E-state index is -0.204. The number of nitrogens with zero attached hydrogens (tertiary/aromatic N) is 5. The van der Waals surface area contributed by atoms with Gasteiger partial charge in [0.05, 0.1) is 11.2 Å². The molecule has 2 aliphatic heterocycles. The van der Waals surface area contributed by atoms with Gasteiger partial charge in [-0.2, -0.15) is 0 Å². The van der Waals surface area contributed by atoms with Gasteiger partial charge in [-0.3, -0.25) is 4.79 Å². The van der Waals surface area contributed by atoms with Gasteiger partial charge in [0.15, 0.2) is 5.65 Å². The first-order valence-electron chi connectivity index (χ1n) is 11.5. The number of benzene rings is 1. The fourth-order valence-corrected chi connectivity index (χ4v) is 6.22. The number of fused-ring (bicyclic) bond motifs is 4. The number of hydrogen-bond donors (Lipinski definition) is 1. The second kappa shape index (κ2) is 7.57. The van der Waals surface area contributed by atoms with Gasteiger partial charge in [-0.1, -0.05) is 24.6 Å². The lowest BCUT2D eigenvalue weighted by atomic mass is 9.92. The molecule has 2 bridgehead atoms. The summed E-state index contributed by atoms with van der Waals surface area (Å²) in [5.41, 5.74) is 2.80. The van der Waals surface area contributed by atoms with E-state index < -0.39 is 0 Å². The van der Waals surface area contributed by atoms with E-state index in [1.165, 1.54) is 30.3 Å². The van der Waals surface area contributed by atoms with Crippen molar-refractivity contribution in [3.05, 3.63) is 52.2 Å². The zero-order valence-electron chi connectivity index (χ0n) is 18.7. The average Bonchev–Trinajstić information content (AvgIpc) is 3.31. The summed E-state index contributed by atoms with van der Waals surface area (Å²) in [4.78, 5) is 24.7. The third kappa shape index (κ3) is 3.09. The maximum atomic E-state index is 12.5. The molecule has 8 heteroatoms. The van der Waals surface area contributed by atoms with Crippen LogP contribution in [0.4, 0.5) is 5.82 Å². The van der Waals surface area contributed by atoms with Crippen LogP contribution in [-0.2, 0) is 13.8 Å². The number of aryl methyl sites for hydroxylation is 1. The van der Waals surface area contributed by atoms with E-state index in [1.807, 2.05) is 24.5 Å². The lowest BCUT2D eigenvalue weighted by molar-refractivity contribution is 0.215. The molecule has 2 saturated heterocycles. The Bertz CT molecular complexity index is 1440. The van der Waals surface area contributed by atoms with Crippen LogP contribution in [0.2, 0.25) is 5.02 Å². The van der Waals surface area contributed by atoms with Crippen molar-refractivity contribution in [3.8, 4) is 11.1 Å². The minimum Gasteiger partial charge on any atom is -0.376 e. The van der Waals surface area contributed by atoms with E-state index in [9.17, 15) is 9.90 Å². The Morgan fingerprint density at radius 1 is 1.12 bits per heavy atom. The molecule has 2 aliphatic rings. The fraction of sp³-hybridized carbons (Fsp3) is 0.400. The number of pyridine rings is 1. The number of halogens is 1. The molecule has 1 aromatic carbocycles. The summed E-state index contributed by atoms with van der Waals surface area (Å²) in [7, 11) is 1.72. The number of aliphatic hydroxyl groups is 1. The molecule has 0 aliphatic carbocycles. The first kappa shape index (κ1) is 20.7. The van der Waals surface area contributed by atoms with Crippen LogP contribution >= 0.6 is 11.6 Å². The van der Waals surface area contributed by atoms with Crippen LogP contribution in [0, 0.1) is 5.92 Å². The van der Waals surface area contributed by atoms with Gasteiger partial charge >= 0.3 is 0 Å². The van der Waals surface area contributed by atoms with Gasteiger partial charge in [-0.25, -0.2) is 9.97 Å². The highest BCUT2D eigenvalue weighted by atomic mass is 35.5. The van der Waals surface area contributed by atoms with Gasteiger partial charge in [0, 0.05) is 53.4 Å². The zero-order chi connectivity index (χ0) is 22.9. The van der Waals surface area contributed by atoms with Crippen molar-refractivity contribution in [2.45, 2.75) is 51.4 Å². The van der Waals surface area contributed by atoms with Gasteiger partial charge in [0.25, 0.3) is 5.56 Å². The average molecular weight is 464 g/mol. The monoisotopic (exact) mass is 463 g/mol. The highest BCUT2D eigenvalue weighted by molar-refractivity contribution is 6.38. The Balaban J connectivity index is 1.49. The van der Waals surface area contributed by atoms with Gasteiger partial charge in [0.1, 0.15) is 18.1 Å². The summed E-state index contributed by atoms with van der Waals surface area (Å²) in [6.07, 6.45) is 10.2. The molecule has 5 heterocycles. The highest BCUT2D eigenvalue weighted by Gasteiger charge is 2.40. The summed E-state index contributed by atoms with van der Waals surface area (Å²) in [5, 5.41) is 11.8. The second-order valence-corrected chi connectivity index (χ2v) is 9.92. The van der Waals surface area contributed by atoms with Crippen molar-refractivity contribution < 1.29 is 5.11 Å². The minimum absolute atomic E-state index is 0.0892. The third-order valence-electron chi connectivity index (χ3n) is 7.42. The molecule has 3 aromatic heterocycles. The summed E-state index contributed by atoms with van der Waals surface area (Å²) in [6, 6.07) is 6.53. The lowest BCUT2D eigenvalue weighted by Crippen LogP contribution is -2.43. The molecule has 1 unspecified atom stereocenters. The topological polar surface area (TPSA) is 76.2 Å². The lowest BCUT2D eigenvalue weighted by Gasteiger charge is -2.38. The summed E-state index contributed by atoms with van der Waals surface area (Å²) in [5.74, 6) is 1.63. The number of aromatic nitrogens is 4. The second-order valence-electron chi connectivity index (χ2n) is 9.54. The number of rotatable bonds is 3. The van der Waals surface area contributed by atoms with E-state index in [1.54, 1.807) is 23.9 Å². The number of aliphatic hydroxyl groups excluding tert-OH is 1. The molecule has 0 saturated carbocycles. The predicted molar refractivity (Wildman–Crippen MR) is 131 cm³/mol. The Hall–Kier alpha value is -2.90. The number of piperidine rings is 1. The predicted octanol–water partition coefficient (Wildman–Crippen LogP) is 4.32. The van der Waals surface area contributed by atoms with Crippen LogP contribution in [0.1, 0.15) is 32.6 Å². The largest absolute Gasteiger partial charge is 0.376 e. The Labute approximate surface area is 196 Å². The van der Waals surface area contributed by atoms with Crippen LogP contribution in [0.15, 0.2) is 41.6 Å². The summed E-state index contributed by atoms with van der Waals surface area (Å²) < 4.78 is 3.25. The normalized spacial score (nSPS) is 22.5. The van der Waals surface area contributed by atoms with E-state index in [0.29, 0.717) is 39.0 Å². The molecular weight excluding hydrogens is 438 g/mol. The Morgan fingerprint density at radius 2 is 1.88 bits per heavy atom. The van der Waals surface area contributed by atoms with Gasteiger partial charge in [-0.15, -0.1) is 0 Å². The van der Waals surface area contributed by atoms with E-state index in [-0.39, 0.29) is 12.3 Å². The van der Waals surface area contributed by atoms with Crippen LogP contribution in [0.3, 0.4) is 0 Å². The molecule has 0 spiro atoms. The molecule has 33 heavy (non-hydrogen) atoms. The van der Waals surface area contributed by atoms with E-state index in [4.69, 9.17) is 21.6 Å². The van der Waals surface area contributed by atoms with E-state index in [0.717, 1.165) is 22.9 Å². The molecule has 2 fully saturated rings. The summed E-state index contributed by atoms with van der Waals surface area (Å²) >= 11 is 6.79. The molecule has 3 atom stereocenters. The molecule has 1 N–H and O–H groups in total. The first-order chi connectivity index (χ1) is 16.0. The third-order valence-corrected chi connectivity index (χ3v) is 7.83. The van der Waals surface area contributed by atoms with Crippen molar-refractivity contribution in [3.63, 3.8) is 0 Å². The number of anilines is 1. The Kier molecular flexibility index (Phi) is 4.74. The zero-order valence-corrected chi connectivity index (χ0v) is 19.5. The quantitative estimate of drug-likeness (QED) is 0.489. The standard InChI is InChI=1S/C25H26ClN5O2/c1-14-9-15-3-4-16(10-14)31(15)21-11-27-23-20(12-30(13-32)24(23)28-21)17-5-6-19-18(22(17)26)7-8-29(2)25(19)33/h5-8,11-12,14-16,32H,3-4,9-10,13H2,1-2H3/t14?,15-,16+. The smallest absolute Gasteiger partial charge is 0.258 e. The van der Waals surface area contributed by atoms with Gasteiger partial charge in [-0.05, 0) is 43.7 Å². The van der Waals surface area contributed by atoms with Crippen molar-refractivity contribution >= 4 is 39.4 Å². The van der Waals surface area contributed by atoms with Gasteiger partial charge in [0.2, 0.25) is 0 Å². The van der Waals surface area contributed by atoms with Crippen LogP contribution in [0.5, 0.6) is 0 Å². The van der Waals surface area contributed by atoms with Crippen LogP contribution in [-0.4, -0.2) is 36.3 Å². The molecule has 0 radical (unpaired) electrons. The molecule has 6 rings (SSSR count). The van der Waals surface area contributed by atoms with E-state index in [2.05, 4.69) is 11.8 Å². The maximum absolute atomic E-state index is 12.5. The molecule has 4 aromatic rings. The summed E-state index contributed by atoms with van der Waals surface area (Å²) in [6.45, 7) is 2.13. The number of hydrogen-bond acceptors (Lipinski definition) is 5.